The topological polar surface area (TPSA) is 84.2 Å². The number of hydrogen-bond acceptors (Lipinski definition) is 4. The Morgan fingerprint density at radius 2 is 1.52 bits per heavy atom. The van der Waals surface area contributed by atoms with Crippen molar-refractivity contribution in [3.63, 3.8) is 0 Å². The normalized spacial score (nSPS) is 11.2. The molecule has 0 aromatic heterocycles. The van der Waals surface area contributed by atoms with E-state index in [1.54, 1.807) is 26.0 Å². The van der Waals surface area contributed by atoms with Crippen LogP contribution in [0.4, 0.5) is 15.8 Å². The van der Waals surface area contributed by atoms with Gasteiger partial charge < -0.3 is 5.43 Å². The highest BCUT2D eigenvalue weighted by Gasteiger charge is 2.20. The summed E-state index contributed by atoms with van der Waals surface area (Å²) in [6.45, 7) is 3.38. The van der Waals surface area contributed by atoms with Crippen molar-refractivity contribution in [2.75, 3.05) is 10.1 Å². The molecule has 2 aromatic rings. The highest BCUT2D eigenvalue weighted by atomic mass is 32.2. The van der Waals surface area contributed by atoms with E-state index in [1.807, 2.05) is 0 Å². The molecule has 0 saturated carbocycles. The molecule has 0 aliphatic heterocycles. The predicted octanol–water partition coefficient (Wildman–Crippen LogP) is 2.53. The molecule has 0 heterocycles. The average Bonchev–Trinajstić information content (AvgIpc) is 2.39. The SMILES string of the molecule is Cc1cc(NN)cc(C)c1S(=O)(=O)Nc1ccc(F)cc1. The van der Waals surface area contributed by atoms with Gasteiger partial charge in [-0.25, -0.2) is 12.8 Å². The van der Waals surface area contributed by atoms with Crippen LogP contribution < -0.4 is 16.0 Å². The molecule has 0 atom stereocenters. The number of nitrogen functional groups attached to an aromatic ring is 1. The molecule has 112 valence electrons. The number of hydrogen-bond donors (Lipinski definition) is 3. The fraction of sp³-hybridized carbons (Fsp3) is 0.143. The lowest BCUT2D eigenvalue weighted by atomic mass is 10.1. The molecule has 0 aliphatic rings. The minimum atomic E-state index is -3.75. The molecule has 5 nitrogen and oxygen atoms in total. The van der Waals surface area contributed by atoms with Crippen molar-refractivity contribution in [2.24, 2.45) is 5.84 Å². The summed E-state index contributed by atoms with van der Waals surface area (Å²) < 4.78 is 40.2. The van der Waals surface area contributed by atoms with E-state index in [1.165, 1.54) is 24.3 Å². The fourth-order valence-corrected chi connectivity index (χ4v) is 3.70. The monoisotopic (exact) mass is 309 g/mol. The zero-order valence-electron chi connectivity index (χ0n) is 11.6. The molecule has 4 N–H and O–H groups in total. The van der Waals surface area contributed by atoms with Crippen LogP contribution in [0.1, 0.15) is 11.1 Å². The number of rotatable bonds is 4. The fourth-order valence-electron chi connectivity index (χ4n) is 2.18. The zero-order valence-corrected chi connectivity index (χ0v) is 12.5. The summed E-state index contributed by atoms with van der Waals surface area (Å²) in [7, 11) is -3.75. The minimum absolute atomic E-state index is 0.186. The van der Waals surface area contributed by atoms with E-state index >= 15 is 0 Å². The number of halogens is 1. The number of nitrogens with one attached hydrogen (secondary N) is 2. The predicted molar refractivity (Wildman–Crippen MR) is 80.9 cm³/mol. The first-order chi connectivity index (χ1) is 9.83. The first-order valence-electron chi connectivity index (χ1n) is 6.20. The Balaban J connectivity index is 2.42. The Hall–Kier alpha value is -2.12. The lowest BCUT2D eigenvalue weighted by Crippen LogP contribution is -2.16. The van der Waals surface area contributed by atoms with Crippen LogP contribution in [0, 0.1) is 19.7 Å². The van der Waals surface area contributed by atoms with E-state index in [4.69, 9.17) is 5.84 Å². The second-order valence-electron chi connectivity index (χ2n) is 4.70. The summed E-state index contributed by atoms with van der Waals surface area (Å²) in [5, 5.41) is 0. The summed E-state index contributed by atoms with van der Waals surface area (Å²) in [5.74, 6) is 4.91. The van der Waals surface area contributed by atoms with Gasteiger partial charge in [0.1, 0.15) is 5.82 Å². The first-order valence-corrected chi connectivity index (χ1v) is 7.68. The first kappa shape index (κ1) is 15.3. The van der Waals surface area contributed by atoms with E-state index in [-0.39, 0.29) is 4.90 Å². The lowest BCUT2D eigenvalue weighted by molar-refractivity contribution is 0.600. The van der Waals surface area contributed by atoms with Crippen molar-refractivity contribution in [2.45, 2.75) is 18.7 Å². The maximum atomic E-state index is 12.9. The molecule has 0 radical (unpaired) electrons. The molecule has 0 spiro atoms. The molecule has 0 amide bonds. The average molecular weight is 309 g/mol. The molecular weight excluding hydrogens is 293 g/mol. The summed E-state index contributed by atoms with van der Waals surface area (Å²) in [4.78, 5) is 0.186. The number of hydrazine groups is 1. The van der Waals surface area contributed by atoms with Crippen LogP contribution in [0.25, 0.3) is 0 Å². The van der Waals surface area contributed by atoms with Gasteiger partial charge in [-0.3, -0.25) is 10.6 Å². The number of anilines is 2. The van der Waals surface area contributed by atoms with Crippen molar-refractivity contribution < 1.29 is 12.8 Å². The van der Waals surface area contributed by atoms with Gasteiger partial charge in [0.05, 0.1) is 4.90 Å². The van der Waals surface area contributed by atoms with E-state index in [2.05, 4.69) is 10.1 Å². The molecule has 0 fully saturated rings. The molecule has 0 bridgehead atoms. The molecular formula is C14H16FN3O2S. The van der Waals surface area contributed by atoms with Crippen molar-refractivity contribution >= 4 is 21.4 Å². The van der Waals surface area contributed by atoms with E-state index in [9.17, 15) is 12.8 Å². The Labute approximate surface area is 123 Å². The molecule has 0 unspecified atom stereocenters. The number of sulfonamides is 1. The Bertz CT molecular complexity index is 735. The van der Waals surface area contributed by atoms with Gasteiger partial charge in [0.25, 0.3) is 10.0 Å². The van der Waals surface area contributed by atoms with Crippen LogP contribution >= 0.6 is 0 Å². The molecule has 21 heavy (non-hydrogen) atoms. The quantitative estimate of drug-likeness (QED) is 0.598. The standard InChI is InChI=1S/C14H16FN3O2S/c1-9-7-13(17-16)8-10(2)14(9)21(19,20)18-12-5-3-11(15)4-6-12/h3-8,17-18H,16H2,1-2H3. The van der Waals surface area contributed by atoms with Gasteiger partial charge >= 0.3 is 0 Å². The summed E-state index contributed by atoms with van der Waals surface area (Å²) >= 11 is 0. The van der Waals surface area contributed by atoms with Crippen LogP contribution in [-0.2, 0) is 10.0 Å². The van der Waals surface area contributed by atoms with Crippen LogP contribution in [-0.4, -0.2) is 8.42 Å². The third-order valence-corrected chi connectivity index (χ3v) is 4.68. The van der Waals surface area contributed by atoms with Gasteiger partial charge in [0.2, 0.25) is 0 Å². The lowest BCUT2D eigenvalue weighted by Gasteiger charge is -2.14. The maximum absolute atomic E-state index is 12.9. The number of aryl methyl sites for hydroxylation is 2. The third kappa shape index (κ3) is 3.32. The van der Waals surface area contributed by atoms with Gasteiger partial charge in [0.15, 0.2) is 0 Å². The van der Waals surface area contributed by atoms with Crippen LogP contribution in [0.3, 0.4) is 0 Å². The van der Waals surface area contributed by atoms with Gasteiger partial charge in [-0.1, -0.05) is 0 Å². The molecule has 2 aromatic carbocycles. The van der Waals surface area contributed by atoms with E-state index < -0.39 is 15.8 Å². The Morgan fingerprint density at radius 3 is 2.00 bits per heavy atom. The van der Waals surface area contributed by atoms with Crippen LogP contribution in [0.15, 0.2) is 41.3 Å². The number of nitrogens with two attached hydrogens (primary N) is 1. The van der Waals surface area contributed by atoms with Gasteiger partial charge in [-0.15, -0.1) is 0 Å². The highest BCUT2D eigenvalue weighted by Crippen LogP contribution is 2.26. The van der Waals surface area contributed by atoms with Crippen LogP contribution in [0.5, 0.6) is 0 Å². The van der Waals surface area contributed by atoms with Crippen molar-refractivity contribution in [1.82, 2.24) is 0 Å². The molecule has 7 heteroatoms. The smallest absolute Gasteiger partial charge is 0.262 e. The van der Waals surface area contributed by atoms with Gasteiger partial charge in [-0.2, -0.15) is 0 Å². The minimum Gasteiger partial charge on any atom is -0.324 e. The summed E-state index contributed by atoms with van der Waals surface area (Å²) in [5.41, 5.74) is 4.55. The van der Waals surface area contributed by atoms with Gasteiger partial charge in [-0.05, 0) is 61.4 Å². The van der Waals surface area contributed by atoms with Crippen molar-refractivity contribution in [1.29, 1.82) is 0 Å². The Morgan fingerprint density at radius 1 is 1.00 bits per heavy atom. The maximum Gasteiger partial charge on any atom is 0.262 e. The van der Waals surface area contributed by atoms with E-state index in [0.717, 1.165) is 0 Å². The molecule has 0 saturated heterocycles. The summed E-state index contributed by atoms with van der Waals surface area (Å²) in [6.07, 6.45) is 0. The Kier molecular flexibility index (Phi) is 4.15. The largest absolute Gasteiger partial charge is 0.324 e. The second kappa shape index (κ2) is 5.71. The molecule has 0 aliphatic carbocycles. The van der Waals surface area contributed by atoms with E-state index in [0.29, 0.717) is 22.5 Å². The number of benzene rings is 2. The van der Waals surface area contributed by atoms with Crippen molar-refractivity contribution in [3.8, 4) is 0 Å². The third-order valence-electron chi connectivity index (χ3n) is 2.99. The van der Waals surface area contributed by atoms with Gasteiger partial charge in [0, 0.05) is 11.4 Å². The van der Waals surface area contributed by atoms with Crippen LogP contribution in [0.2, 0.25) is 0 Å². The summed E-state index contributed by atoms with van der Waals surface area (Å²) in [6, 6.07) is 8.41. The highest BCUT2D eigenvalue weighted by molar-refractivity contribution is 7.92. The second-order valence-corrected chi connectivity index (χ2v) is 6.32. The zero-order chi connectivity index (χ0) is 15.6. The van der Waals surface area contributed by atoms with Crippen molar-refractivity contribution in [3.05, 3.63) is 53.3 Å². The molecule has 2 rings (SSSR count).